The second-order valence-electron chi connectivity index (χ2n) is 17.8. The number of guanidine groups is 1. The number of hydrogen-bond donors (Lipinski definition) is 8. The van der Waals surface area contributed by atoms with Crippen LogP contribution in [0.1, 0.15) is 109 Å². The van der Waals surface area contributed by atoms with Crippen LogP contribution in [0.15, 0.2) is 35.3 Å². The number of imide groups is 1. The number of likely N-dealkylation sites (tertiary alicyclic amines) is 1. The van der Waals surface area contributed by atoms with Crippen LogP contribution < -0.4 is 38.5 Å². The third-order valence-electron chi connectivity index (χ3n) is 11.6. The highest BCUT2D eigenvalue weighted by molar-refractivity contribution is 8.00. The van der Waals surface area contributed by atoms with Crippen LogP contribution in [0.4, 0.5) is 0 Å². The first-order valence-corrected chi connectivity index (χ1v) is 24.7. The Balaban J connectivity index is 1.63. The van der Waals surface area contributed by atoms with Gasteiger partial charge in [-0.3, -0.25) is 57.8 Å². The molecule has 2 aliphatic heterocycles. The summed E-state index contributed by atoms with van der Waals surface area (Å²) in [6.45, 7) is 4.86. The van der Waals surface area contributed by atoms with Crippen molar-refractivity contribution in [2.24, 2.45) is 34.0 Å². The Morgan fingerprint density at radius 2 is 1.48 bits per heavy atom. The summed E-state index contributed by atoms with van der Waals surface area (Å²) in [6.07, 6.45) is 1.92. The fraction of sp³-hybridized carbons (Fsp3) is 0.638. The fourth-order valence-electron chi connectivity index (χ4n) is 7.55. The normalized spacial score (nSPS) is 21.1. The van der Waals surface area contributed by atoms with Gasteiger partial charge in [0, 0.05) is 70.6 Å². The lowest BCUT2D eigenvalue weighted by Crippen LogP contribution is -2.57. The van der Waals surface area contributed by atoms with Crippen LogP contribution in [0.25, 0.3) is 0 Å². The van der Waals surface area contributed by atoms with Gasteiger partial charge in [-0.25, -0.2) is 0 Å². The molecule has 0 bridgehead atoms. The van der Waals surface area contributed by atoms with E-state index in [1.165, 1.54) is 0 Å². The topological polar surface area (TPSA) is 342 Å². The fourth-order valence-corrected chi connectivity index (χ4v) is 8.71. The lowest BCUT2D eigenvalue weighted by atomic mass is 9.96. The summed E-state index contributed by atoms with van der Waals surface area (Å²) in [6, 6.07) is 3.96. The quantitative estimate of drug-likeness (QED) is 0.0244. The zero-order chi connectivity index (χ0) is 50.9. The Bertz CT molecular complexity index is 1970. The molecule has 2 fully saturated rings. The van der Waals surface area contributed by atoms with E-state index >= 15 is 0 Å². The molecule has 382 valence electrons. The molecule has 2 heterocycles. The number of carboxylic acid groups (broad SMARTS) is 1. The molecule has 0 saturated carbocycles. The first-order chi connectivity index (χ1) is 32.8. The van der Waals surface area contributed by atoms with Crippen molar-refractivity contribution in [3.63, 3.8) is 0 Å². The van der Waals surface area contributed by atoms with Crippen molar-refractivity contribution >= 4 is 76.5 Å². The molecule has 0 spiro atoms. The number of rotatable bonds is 28. The number of amides is 6. The molecule has 6 atom stereocenters. The Labute approximate surface area is 407 Å². The maximum absolute atomic E-state index is 14.0. The van der Waals surface area contributed by atoms with Gasteiger partial charge in [-0.05, 0) is 50.0 Å². The van der Waals surface area contributed by atoms with Gasteiger partial charge in [-0.15, -0.1) is 11.8 Å². The number of nitrogens with zero attached hydrogens (tertiary/aromatic N) is 2. The third kappa shape index (κ3) is 22.0. The van der Waals surface area contributed by atoms with Gasteiger partial charge in [0.15, 0.2) is 11.7 Å². The second kappa shape index (κ2) is 30.7. The van der Waals surface area contributed by atoms with Crippen molar-refractivity contribution in [2.75, 3.05) is 38.6 Å². The number of ketones is 3. The third-order valence-corrected chi connectivity index (χ3v) is 12.9. The molecule has 6 amide bonds. The molecule has 2 saturated heterocycles. The van der Waals surface area contributed by atoms with Gasteiger partial charge in [0.1, 0.15) is 29.7 Å². The molecule has 0 aliphatic carbocycles. The monoisotopic (exact) mass is 985 g/mol. The van der Waals surface area contributed by atoms with Crippen LogP contribution in [0, 0.1) is 11.8 Å². The summed E-state index contributed by atoms with van der Waals surface area (Å²) in [5.41, 5.74) is 17.7. The zero-order valence-electron chi connectivity index (χ0n) is 39.8. The van der Waals surface area contributed by atoms with Gasteiger partial charge in [-0.1, -0.05) is 57.0 Å². The second-order valence-corrected chi connectivity index (χ2v) is 19.1. The number of carbonyl (C=O) groups is 10. The van der Waals surface area contributed by atoms with Gasteiger partial charge in [-0.2, -0.15) is 0 Å². The summed E-state index contributed by atoms with van der Waals surface area (Å²) in [5.74, 6) is -7.20. The van der Waals surface area contributed by atoms with Gasteiger partial charge < -0.3 is 48.3 Å². The number of thioether (sulfide) groups is 1. The van der Waals surface area contributed by atoms with E-state index in [2.05, 4.69) is 40.1 Å². The van der Waals surface area contributed by atoms with E-state index < -0.39 is 96.0 Å². The minimum Gasteiger partial charge on any atom is -0.481 e. The lowest BCUT2D eigenvalue weighted by molar-refractivity contribution is -0.142. The number of aliphatic imine (C=N–C) groups is 1. The molecule has 0 radical (unpaired) electrons. The number of unbranched alkanes of at least 4 members (excludes halogenated alkanes) is 2. The minimum atomic E-state index is -1.38. The molecule has 22 heteroatoms. The number of nitrogens with two attached hydrogens (primary N) is 3. The number of aliphatic carboxylic acids is 1. The molecule has 69 heavy (non-hydrogen) atoms. The molecular formula is C47H71N9O12S. The Kier molecular flexibility index (Phi) is 25.6. The first-order valence-electron chi connectivity index (χ1n) is 23.7. The largest absolute Gasteiger partial charge is 0.481 e. The zero-order valence-corrected chi connectivity index (χ0v) is 40.6. The lowest BCUT2D eigenvalue weighted by Gasteiger charge is -2.26. The average molecular weight is 986 g/mol. The molecule has 21 nitrogen and oxygen atoms in total. The van der Waals surface area contributed by atoms with Crippen molar-refractivity contribution in [1.82, 2.24) is 26.2 Å². The molecule has 2 aliphatic rings. The number of hydrogen-bond acceptors (Lipinski definition) is 14. The van der Waals surface area contributed by atoms with Gasteiger partial charge in [0.2, 0.25) is 35.4 Å². The van der Waals surface area contributed by atoms with Crippen LogP contribution in [0.5, 0.6) is 0 Å². The smallest absolute Gasteiger partial charge is 0.304 e. The van der Waals surface area contributed by atoms with E-state index in [-0.39, 0.29) is 87.2 Å². The molecular weight excluding hydrogens is 915 g/mol. The van der Waals surface area contributed by atoms with E-state index in [4.69, 9.17) is 21.9 Å². The number of carbonyl (C=O) groups excluding carboxylic acids is 9. The Hall–Kier alpha value is -5.74. The van der Waals surface area contributed by atoms with Gasteiger partial charge in [0.05, 0.1) is 30.2 Å². The van der Waals surface area contributed by atoms with Crippen molar-refractivity contribution in [1.29, 1.82) is 0 Å². The highest BCUT2D eigenvalue weighted by Gasteiger charge is 2.39. The van der Waals surface area contributed by atoms with Gasteiger partial charge in [0.25, 0.3) is 0 Å². The van der Waals surface area contributed by atoms with Crippen LogP contribution in [-0.2, 0) is 59.1 Å². The van der Waals surface area contributed by atoms with E-state index in [9.17, 15) is 53.1 Å². The maximum Gasteiger partial charge on any atom is 0.304 e. The SMILES string of the molecule is CC(C)CCOCCCC(=O)CCN1C(=O)CC(SCC(N)C(=O)CCCCC[C@@H]2NC(=O)[C@H](Cc3ccccc3)NC(=O)[C@@H](CC(=O)O)CC(=O)CNC(=O)[C@H](CCCN=C(N)N)NC2=O)C1=O. The number of benzene rings is 1. The number of Topliss-reactive ketones (excluding diaryl/α,β-unsaturated/α-hetero) is 3. The van der Waals surface area contributed by atoms with Crippen molar-refractivity contribution in [3.8, 4) is 0 Å². The predicted molar refractivity (Wildman–Crippen MR) is 257 cm³/mol. The average Bonchev–Trinajstić information content (AvgIpc) is 3.57. The van der Waals surface area contributed by atoms with Crippen LogP contribution in [0.3, 0.4) is 0 Å². The molecule has 11 N–H and O–H groups in total. The number of carboxylic acids is 1. The highest BCUT2D eigenvalue weighted by atomic mass is 32.2. The van der Waals surface area contributed by atoms with Crippen LogP contribution >= 0.6 is 11.8 Å². The molecule has 1 aromatic rings. The molecule has 0 aromatic heterocycles. The van der Waals surface area contributed by atoms with Crippen LogP contribution in [-0.4, -0.2) is 143 Å². The van der Waals surface area contributed by atoms with Crippen molar-refractivity contribution in [2.45, 2.75) is 140 Å². The van der Waals surface area contributed by atoms with E-state index in [0.29, 0.717) is 56.8 Å². The standard InChI is InChI=1S/C47H71N9O12S/c1-29(2)18-22-68-21-10-13-32(57)17-20-56-40(60)26-39(46(56)67)69-28-34(48)38(59)16-8-4-7-14-36-44(65)53-35(15-9-19-51-47(49)50)43(64)52-27-33(58)24-31(25-41(61)62)42(63)55-37(45(66)54-36)23-30-11-5-3-6-12-30/h3,5-6,11-12,29,31,34-37,39H,4,7-10,13-28,48H2,1-2H3,(H,52,64)(H,53,65)(H,54,66)(H,55,63)(H,61,62)(H4,49,50,51)/t31-,34?,35+,36+,37+,39?/m1/s1. The number of nitrogens with one attached hydrogen (secondary N) is 4. The molecule has 1 aromatic carbocycles. The summed E-state index contributed by atoms with van der Waals surface area (Å²) >= 11 is 1.12. The van der Waals surface area contributed by atoms with E-state index in [1.54, 1.807) is 30.3 Å². The van der Waals surface area contributed by atoms with E-state index in [0.717, 1.165) is 23.1 Å². The minimum absolute atomic E-state index is 0.00241. The van der Waals surface area contributed by atoms with E-state index in [1.807, 2.05) is 0 Å². The Morgan fingerprint density at radius 3 is 2.16 bits per heavy atom. The maximum atomic E-state index is 14.0. The molecule has 2 unspecified atom stereocenters. The Morgan fingerprint density at radius 1 is 0.812 bits per heavy atom. The number of ether oxygens (including phenoxy) is 1. The van der Waals surface area contributed by atoms with Gasteiger partial charge >= 0.3 is 5.97 Å². The first kappa shape index (κ1) is 57.6. The highest BCUT2D eigenvalue weighted by Crippen LogP contribution is 2.26. The van der Waals surface area contributed by atoms with Crippen LogP contribution in [0.2, 0.25) is 0 Å². The molecule has 3 rings (SSSR count). The summed E-state index contributed by atoms with van der Waals surface area (Å²) in [4.78, 5) is 136. The summed E-state index contributed by atoms with van der Waals surface area (Å²) in [5, 5.41) is 19.3. The summed E-state index contributed by atoms with van der Waals surface area (Å²) < 4.78 is 5.55. The van der Waals surface area contributed by atoms with Crippen molar-refractivity contribution < 1.29 is 57.8 Å². The van der Waals surface area contributed by atoms with Crippen molar-refractivity contribution in [3.05, 3.63) is 35.9 Å². The predicted octanol–water partition coefficient (Wildman–Crippen LogP) is 0.427. The summed E-state index contributed by atoms with van der Waals surface area (Å²) in [7, 11) is 0.